The molecule has 0 radical (unpaired) electrons. The molecular formula is C14H16BrN3O. The number of likely N-dealkylation sites (N-methyl/N-ethyl adjacent to an activating group) is 1. The van der Waals surface area contributed by atoms with E-state index in [1.54, 1.807) is 7.11 Å². The highest BCUT2D eigenvalue weighted by Gasteiger charge is 2.12. The van der Waals surface area contributed by atoms with E-state index in [4.69, 9.17) is 4.74 Å². The maximum absolute atomic E-state index is 5.12. The Hall–Kier alpha value is -1.46. The molecule has 0 spiro atoms. The quantitative estimate of drug-likeness (QED) is 0.919. The third-order valence-electron chi connectivity index (χ3n) is 2.92. The number of hydrogen-bond donors (Lipinski definition) is 1. The molecule has 1 atom stereocenters. The van der Waals surface area contributed by atoms with Gasteiger partial charge in [0, 0.05) is 28.7 Å². The summed E-state index contributed by atoms with van der Waals surface area (Å²) in [5, 5.41) is 3.31. The molecule has 0 aliphatic rings. The van der Waals surface area contributed by atoms with Gasteiger partial charge in [-0.2, -0.15) is 0 Å². The molecule has 1 N–H and O–H groups in total. The average molecular weight is 322 g/mol. The summed E-state index contributed by atoms with van der Waals surface area (Å²) >= 11 is 3.49. The van der Waals surface area contributed by atoms with E-state index < -0.39 is 0 Å². The van der Waals surface area contributed by atoms with Crippen molar-refractivity contribution in [1.29, 1.82) is 0 Å². The maximum atomic E-state index is 5.12. The average Bonchev–Trinajstić information content (AvgIpc) is 2.45. The minimum absolute atomic E-state index is 0.206. The van der Waals surface area contributed by atoms with Crippen LogP contribution in [0, 0.1) is 0 Å². The number of halogens is 1. The van der Waals surface area contributed by atoms with Gasteiger partial charge in [-0.3, -0.25) is 0 Å². The summed E-state index contributed by atoms with van der Waals surface area (Å²) in [6, 6.07) is 10.3. The molecule has 19 heavy (non-hydrogen) atoms. The molecule has 100 valence electrons. The highest BCUT2D eigenvalue weighted by Crippen LogP contribution is 2.21. The standard InChI is InChI=1S/C14H16BrN3O/c1-16-13(10-4-3-5-11(15)6-10)7-12-8-14(19-2)18-9-17-12/h3-6,8-9,13,16H,7H2,1-2H3. The van der Waals surface area contributed by atoms with Crippen molar-refractivity contribution in [3.63, 3.8) is 0 Å². The number of methoxy groups -OCH3 is 1. The van der Waals surface area contributed by atoms with Crippen molar-refractivity contribution in [2.45, 2.75) is 12.5 Å². The molecular weight excluding hydrogens is 306 g/mol. The lowest BCUT2D eigenvalue weighted by Crippen LogP contribution is -2.19. The molecule has 1 heterocycles. The van der Waals surface area contributed by atoms with Crippen molar-refractivity contribution in [2.24, 2.45) is 0 Å². The van der Waals surface area contributed by atoms with Gasteiger partial charge in [-0.25, -0.2) is 9.97 Å². The van der Waals surface area contributed by atoms with Crippen LogP contribution in [0.15, 0.2) is 41.1 Å². The Morgan fingerprint density at radius 3 is 2.84 bits per heavy atom. The molecule has 0 amide bonds. The number of hydrogen-bond acceptors (Lipinski definition) is 4. The van der Waals surface area contributed by atoms with E-state index in [9.17, 15) is 0 Å². The van der Waals surface area contributed by atoms with Crippen LogP contribution in [0.1, 0.15) is 17.3 Å². The third kappa shape index (κ3) is 3.75. The van der Waals surface area contributed by atoms with Crippen LogP contribution in [0.5, 0.6) is 5.88 Å². The van der Waals surface area contributed by atoms with Crippen LogP contribution >= 0.6 is 15.9 Å². The second-order valence-electron chi connectivity index (χ2n) is 4.15. The van der Waals surface area contributed by atoms with Crippen molar-refractivity contribution < 1.29 is 4.74 Å². The van der Waals surface area contributed by atoms with Gasteiger partial charge in [0.1, 0.15) is 6.33 Å². The number of benzene rings is 1. The van der Waals surface area contributed by atoms with E-state index in [1.807, 2.05) is 25.2 Å². The van der Waals surface area contributed by atoms with Gasteiger partial charge >= 0.3 is 0 Å². The zero-order valence-corrected chi connectivity index (χ0v) is 12.5. The predicted molar refractivity (Wildman–Crippen MR) is 78.2 cm³/mol. The van der Waals surface area contributed by atoms with Crippen molar-refractivity contribution in [3.8, 4) is 5.88 Å². The summed E-state index contributed by atoms with van der Waals surface area (Å²) in [5.74, 6) is 0.592. The minimum Gasteiger partial charge on any atom is -0.481 e. The van der Waals surface area contributed by atoms with Crippen molar-refractivity contribution in [1.82, 2.24) is 15.3 Å². The third-order valence-corrected chi connectivity index (χ3v) is 3.41. The summed E-state index contributed by atoms with van der Waals surface area (Å²) in [4.78, 5) is 8.30. The van der Waals surface area contributed by atoms with E-state index in [2.05, 4.69) is 43.3 Å². The molecule has 2 aromatic rings. The molecule has 0 saturated heterocycles. The molecule has 4 nitrogen and oxygen atoms in total. The molecule has 0 aliphatic heterocycles. The van der Waals surface area contributed by atoms with Gasteiger partial charge in [-0.1, -0.05) is 28.1 Å². The summed E-state index contributed by atoms with van der Waals surface area (Å²) in [6.45, 7) is 0. The van der Waals surface area contributed by atoms with Crippen molar-refractivity contribution in [2.75, 3.05) is 14.2 Å². The number of aromatic nitrogens is 2. The van der Waals surface area contributed by atoms with E-state index >= 15 is 0 Å². The lowest BCUT2D eigenvalue weighted by atomic mass is 10.0. The topological polar surface area (TPSA) is 47.0 Å². The van der Waals surface area contributed by atoms with Gasteiger partial charge in [-0.15, -0.1) is 0 Å². The van der Waals surface area contributed by atoms with Gasteiger partial charge in [0.2, 0.25) is 5.88 Å². The first-order valence-corrected chi connectivity index (χ1v) is 6.80. The lowest BCUT2D eigenvalue weighted by Gasteiger charge is -2.16. The number of nitrogens with one attached hydrogen (secondary N) is 1. The predicted octanol–water partition coefficient (Wildman–Crippen LogP) is 2.75. The van der Waals surface area contributed by atoms with E-state index in [-0.39, 0.29) is 6.04 Å². The number of nitrogens with zero attached hydrogens (tertiary/aromatic N) is 2. The Kier molecular flexibility index (Phi) is 4.87. The second kappa shape index (κ2) is 6.63. The van der Waals surface area contributed by atoms with Crippen LogP contribution < -0.4 is 10.1 Å². The largest absolute Gasteiger partial charge is 0.481 e. The second-order valence-corrected chi connectivity index (χ2v) is 5.07. The number of rotatable bonds is 5. The summed E-state index contributed by atoms with van der Waals surface area (Å²) in [6.07, 6.45) is 2.31. The molecule has 5 heteroatoms. The first kappa shape index (κ1) is 14.0. The minimum atomic E-state index is 0.206. The van der Waals surface area contributed by atoms with Crippen LogP contribution in [-0.4, -0.2) is 24.1 Å². The monoisotopic (exact) mass is 321 g/mol. The van der Waals surface area contributed by atoms with Crippen LogP contribution in [0.3, 0.4) is 0 Å². The summed E-state index contributed by atoms with van der Waals surface area (Å²) < 4.78 is 6.19. The van der Waals surface area contributed by atoms with Crippen LogP contribution in [0.2, 0.25) is 0 Å². The molecule has 1 aromatic heterocycles. The molecule has 2 rings (SSSR count). The first-order valence-electron chi connectivity index (χ1n) is 6.00. The highest BCUT2D eigenvalue weighted by molar-refractivity contribution is 9.10. The van der Waals surface area contributed by atoms with Crippen molar-refractivity contribution in [3.05, 3.63) is 52.4 Å². The van der Waals surface area contributed by atoms with Crippen molar-refractivity contribution >= 4 is 15.9 Å². The van der Waals surface area contributed by atoms with Gasteiger partial charge in [0.05, 0.1) is 7.11 Å². The Labute approximate surface area is 121 Å². The first-order chi connectivity index (χ1) is 9.22. The van der Waals surface area contributed by atoms with Crippen LogP contribution in [0.4, 0.5) is 0 Å². The zero-order chi connectivity index (χ0) is 13.7. The summed E-state index contributed by atoms with van der Waals surface area (Å²) in [5.41, 5.74) is 2.17. The van der Waals surface area contributed by atoms with Gasteiger partial charge in [-0.05, 0) is 24.7 Å². The molecule has 0 fully saturated rings. The lowest BCUT2D eigenvalue weighted by molar-refractivity contribution is 0.395. The normalized spacial score (nSPS) is 12.2. The smallest absolute Gasteiger partial charge is 0.216 e. The number of ether oxygens (including phenoxy) is 1. The molecule has 1 unspecified atom stereocenters. The molecule has 1 aromatic carbocycles. The fourth-order valence-corrected chi connectivity index (χ4v) is 2.34. The Bertz CT molecular complexity index is 548. The molecule has 0 bridgehead atoms. The van der Waals surface area contributed by atoms with Crippen LogP contribution in [0.25, 0.3) is 0 Å². The highest BCUT2D eigenvalue weighted by atomic mass is 79.9. The fraction of sp³-hybridized carbons (Fsp3) is 0.286. The molecule has 0 aliphatic carbocycles. The SMILES string of the molecule is CNC(Cc1cc(OC)ncn1)c1cccc(Br)c1. The molecule has 0 saturated carbocycles. The van der Waals surface area contributed by atoms with Gasteiger partial charge in [0.15, 0.2) is 0 Å². The Balaban J connectivity index is 2.18. The zero-order valence-electron chi connectivity index (χ0n) is 10.9. The van der Waals surface area contributed by atoms with Gasteiger partial charge in [0.25, 0.3) is 0 Å². The van der Waals surface area contributed by atoms with Crippen LogP contribution in [-0.2, 0) is 6.42 Å². The summed E-state index contributed by atoms with van der Waals surface area (Å²) in [7, 11) is 3.56. The van der Waals surface area contributed by atoms with Gasteiger partial charge < -0.3 is 10.1 Å². The maximum Gasteiger partial charge on any atom is 0.216 e. The Morgan fingerprint density at radius 1 is 1.32 bits per heavy atom. The Morgan fingerprint density at radius 2 is 2.16 bits per heavy atom. The van der Waals surface area contributed by atoms with E-state index in [0.29, 0.717) is 5.88 Å². The van der Waals surface area contributed by atoms with E-state index in [1.165, 1.54) is 11.9 Å². The van der Waals surface area contributed by atoms with E-state index in [0.717, 1.165) is 16.6 Å². The fourth-order valence-electron chi connectivity index (χ4n) is 1.92.